The molecule has 0 radical (unpaired) electrons. The number of amides is 1. The van der Waals surface area contributed by atoms with Gasteiger partial charge in [0.05, 0.1) is 34.1 Å². The van der Waals surface area contributed by atoms with Crippen LogP contribution in [0.15, 0.2) is 54.6 Å². The minimum absolute atomic E-state index is 0.127. The molecule has 3 N–H and O–H groups in total. The van der Waals surface area contributed by atoms with Gasteiger partial charge in [0.2, 0.25) is 11.7 Å². The molecule has 0 unspecified atom stereocenters. The topological polar surface area (TPSA) is 106 Å². The van der Waals surface area contributed by atoms with Crippen LogP contribution in [0.25, 0.3) is 18.2 Å². The number of phenols is 2. The lowest BCUT2D eigenvalue weighted by atomic mass is 10.1. The first-order valence-electron chi connectivity index (χ1n) is 10.6. The van der Waals surface area contributed by atoms with Crippen LogP contribution in [-0.2, 0) is 4.79 Å². The number of hydrogen-bond donors (Lipinski definition) is 3. The van der Waals surface area contributed by atoms with E-state index in [4.69, 9.17) is 18.9 Å². The molecule has 0 aromatic heterocycles. The van der Waals surface area contributed by atoms with Crippen molar-refractivity contribution in [3.05, 3.63) is 71.3 Å². The summed E-state index contributed by atoms with van der Waals surface area (Å²) in [5, 5.41) is 22.5. The van der Waals surface area contributed by atoms with Gasteiger partial charge in [0.1, 0.15) is 5.75 Å². The highest BCUT2D eigenvalue weighted by molar-refractivity contribution is 6.03. The maximum Gasteiger partial charge on any atom is 0.248 e. The Morgan fingerprint density at radius 2 is 1.29 bits per heavy atom. The van der Waals surface area contributed by atoms with Crippen molar-refractivity contribution in [3.63, 3.8) is 0 Å². The first-order chi connectivity index (χ1) is 16.9. The van der Waals surface area contributed by atoms with Crippen LogP contribution < -0.4 is 24.3 Å². The van der Waals surface area contributed by atoms with E-state index in [2.05, 4.69) is 5.32 Å². The second-order valence-corrected chi connectivity index (χ2v) is 7.33. The summed E-state index contributed by atoms with van der Waals surface area (Å²) in [5.74, 6) is 1.25. The zero-order chi connectivity index (χ0) is 25.4. The number of carbonyl (C=O) groups is 1. The average Bonchev–Trinajstić information content (AvgIpc) is 2.86. The smallest absolute Gasteiger partial charge is 0.248 e. The van der Waals surface area contributed by atoms with Gasteiger partial charge in [-0.1, -0.05) is 24.3 Å². The highest BCUT2D eigenvalue weighted by Gasteiger charge is 2.14. The van der Waals surface area contributed by atoms with Gasteiger partial charge in [-0.15, -0.1) is 0 Å². The van der Waals surface area contributed by atoms with Gasteiger partial charge in [-0.2, -0.15) is 0 Å². The Morgan fingerprint density at radius 3 is 1.83 bits per heavy atom. The third-order valence-corrected chi connectivity index (χ3v) is 5.03. The molecule has 8 nitrogen and oxygen atoms in total. The normalized spacial score (nSPS) is 11.0. The first kappa shape index (κ1) is 25.0. The van der Waals surface area contributed by atoms with Gasteiger partial charge in [-0.3, -0.25) is 4.79 Å². The molecule has 0 aliphatic rings. The van der Waals surface area contributed by atoms with E-state index in [0.717, 1.165) is 11.1 Å². The fourth-order valence-corrected chi connectivity index (χ4v) is 3.36. The zero-order valence-electron chi connectivity index (χ0n) is 19.9. The monoisotopic (exact) mass is 477 g/mol. The van der Waals surface area contributed by atoms with Gasteiger partial charge >= 0.3 is 0 Å². The van der Waals surface area contributed by atoms with Crippen molar-refractivity contribution in [2.45, 2.75) is 0 Å². The molecule has 0 spiro atoms. The van der Waals surface area contributed by atoms with Gasteiger partial charge in [0, 0.05) is 6.08 Å². The number of nitrogens with one attached hydrogen (secondary N) is 1. The van der Waals surface area contributed by atoms with E-state index < -0.39 is 5.91 Å². The minimum Gasteiger partial charge on any atom is -0.508 e. The molecule has 0 aliphatic heterocycles. The maximum absolute atomic E-state index is 12.5. The molecule has 0 heterocycles. The van der Waals surface area contributed by atoms with Crippen LogP contribution in [0.3, 0.4) is 0 Å². The third-order valence-electron chi connectivity index (χ3n) is 5.03. The predicted octanol–water partition coefficient (Wildman–Crippen LogP) is 4.95. The molecule has 0 saturated carbocycles. The van der Waals surface area contributed by atoms with Crippen LogP contribution in [0.5, 0.6) is 34.5 Å². The number of carbonyl (C=O) groups excluding carboxylic acids is 1. The molecule has 3 rings (SSSR count). The Bertz CT molecular complexity index is 1220. The summed E-state index contributed by atoms with van der Waals surface area (Å²) < 4.78 is 21.4. The Morgan fingerprint density at radius 1 is 0.714 bits per heavy atom. The van der Waals surface area contributed by atoms with E-state index in [1.54, 1.807) is 42.5 Å². The van der Waals surface area contributed by atoms with E-state index in [1.807, 2.05) is 6.08 Å². The number of rotatable bonds is 9. The SMILES string of the molecule is COc1cc(C=Cc2cc(O)c(OC)c(NC(=O)/C=C/c3ccc(O)cc3)c2)cc(OC)c1OC. The molecule has 3 aromatic rings. The molecule has 0 aliphatic carbocycles. The van der Waals surface area contributed by atoms with E-state index in [-0.39, 0.29) is 17.2 Å². The lowest BCUT2D eigenvalue weighted by Crippen LogP contribution is -2.09. The van der Waals surface area contributed by atoms with Crippen molar-refractivity contribution in [1.29, 1.82) is 0 Å². The van der Waals surface area contributed by atoms with Gasteiger partial charge in [-0.25, -0.2) is 0 Å². The van der Waals surface area contributed by atoms with E-state index >= 15 is 0 Å². The van der Waals surface area contributed by atoms with Gasteiger partial charge < -0.3 is 34.5 Å². The van der Waals surface area contributed by atoms with E-state index in [0.29, 0.717) is 28.5 Å². The van der Waals surface area contributed by atoms with Crippen molar-refractivity contribution >= 4 is 29.8 Å². The Hall–Kier alpha value is -4.59. The lowest BCUT2D eigenvalue weighted by Gasteiger charge is -2.13. The molecule has 3 aromatic carbocycles. The number of anilines is 1. The molecular formula is C27H27NO7. The number of aromatic hydroxyl groups is 2. The summed E-state index contributed by atoms with van der Waals surface area (Å²) in [6.07, 6.45) is 6.53. The van der Waals surface area contributed by atoms with Gasteiger partial charge in [0.25, 0.3) is 0 Å². The quantitative estimate of drug-likeness (QED) is 0.296. The molecule has 0 saturated heterocycles. The number of hydrogen-bond acceptors (Lipinski definition) is 7. The van der Waals surface area contributed by atoms with E-state index in [9.17, 15) is 15.0 Å². The summed E-state index contributed by atoms with van der Waals surface area (Å²) in [6, 6.07) is 13.2. The fourth-order valence-electron chi connectivity index (χ4n) is 3.36. The van der Waals surface area contributed by atoms with Crippen LogP contribution in [0, 0.1) is 0 Å². The Labute approximate surface area is 203 Å². The zero-order valence-corrected chi connectivity index (χ0v) is 19.9. The van der Waals surface area contributed by atoms with Crippen LogP contribution >= 0.6 is 0 Å². The average molecular weight is 478 g/mol. The molecule has 0 fully saturated rings. The van der Waals surface area contributed by atoms with Crippen molar-refractivity contribution in [2.75, 3.05) is 33.8 Å². The Balaban J connectivity index is 1.86. The van der Waals surface area contributed by atoms with E-state index in [1.165, 1.54) is 52.7 Å². The number of ether oxygens (including phenoxy) is 4. The van der Waals surface area contributed by atoms with Crippen molar-refractivity contribution < 1.29 is 34.0 Å². The molecule has 8 heteroatoms. The standard InChI is InChI=1S/C27H27NO7/c1-32-23-15-19(16-24(33-2)27(23)35-4)6-5-18-13-21(26(34-3)22(30)14-18)28-25(31)12-9-17-7-10-20(29)11-8-17/h5-16,29-30H,1-4H3,(H,28,31)/b6-5?,12-9+. The molecule has 0 bridgehead atoms. The Kier molecular flexibility index (Phi) is 8.24. The maximum atomic E-state index is 12.5. The van der Waals surface area contributed by atoms with Crippen molar-refractivity contribution in [1.82, 2.24) is 0 Å². The largest absolute Gasteiger partial charge is 0.508 e. The molecule has 1 amide bonds. The summed E-state index contributed by atoms with van der Waals surface area (Å²) in [4.78, 5) is 12.5. The van der Waals surface area contributed by atoms with Crippen LogP contribution in [0.4, 0.5) is 5.69 Å². The molecule has 0 atom stereocenters. The number of phenolic OH excluding ortho intramolecular Hbond substituents is 2. The first-order valence-corrected chi connectivity index (χ1v) is 10.6. The van der Waals surface area contributed by atoms with Gasteiger partial charge in [-0.05, 0) is 59.2 Å². The summed E-state index contributed by atoms with van der Waals surface area (Å²) in [7, 11) is 6.02. The minimum atomic E-state index is -0.415. The molecule has 182 valence electrons. The molecule has 35 heavy (non-hydrogen) atoms. The number of benzene rings is 3. The van der Waals surface area contributed by atoms with Crippen LogP contribution in [0.1, 0.15) is 16.7 Å². The summed E-state index contributed by atoms with van der Waals surface area (Å²) >= 11 is 0. The summed E-state index contributed by atoms with van der Waals surface area (Å²) in [5.41, 5.74) is 2.44. The predicted molar refractivity (Wildman–Crippen MR) is 135 cm³/mol. The van der Waals surface area contributed by atoms with Gasteiger partial charge in [0.15, 0.2) is 23.0 Å². The fraction of sp³-hybridized carbons (Fsp3) is 0.148. The highest BCUT2D eigenvalue weighted by Crippen LogP contribution is 2.39. The number of methoxy groups -OCH3 is 4. The van der Waals surface area contributed by atoms with Crippen molar-refractivity contribution in [3.8, 4) is 34.5 Å². The lowest BCUT2D eigenvalue weighted by molar-refractivity contribution is -0.111. The summed E-state index contributed by atoms with van der Waals surface area (Å²) in [6.45, 7) is 0. The third kappa shape index (κ3) is 6.26. The van der Waals surface area contributed by atoms with Crippen molar-refractivity contribution in [2.24, 2.45) is 0 Å². The second-order valence-electron chi connectivity index (χ2n) is 7.33. The highest BCUT2D eigenvalue weighted by atomic mass is 16.5. The van der Waals surface area contributed by atoms with Crippen LogP contribution in [0.2, 0.25) is 0 Å². The molecular weight excluding hydrogens is 450 g/mol. The second kappa shape index (κ2) is 11.5. The van der Waals surface area contributed by atoms with Crippen LogP contribution in [-0.4, -0.2) is 44.6 Å².